The Bertz CT molecular complexity index is 155. The molecule has 0 fully saturated rings. The van der Waals surface area contributed by atoms with Gasteiger partial charge in [0.25, 0.3) is 0 Å². The highest BCUT2D eigenvalue weighted by molar-refractivity contribution is 5.83. The molecule has 1 aliphatic heterocycles. The quantitative estimate of drug-likeness (QED) is 0.402. The van der Waals surface area contributed by atoms with Gasteiger partial charge in [-0.2, -0.15) is 0 Å². The molecule has 0 aromatic heterocycles. The third-order valence-electron chi connectivity index (χ3n) is 0.576. The zero-order valence-corrected chi connectivity index (χ0v) is 5.49. The molecule has 0 aromatic carbocycles. The highest BCUT2D eigenvalue weighted by atomic mass is 16.5. The van der Waals surface area contributed by atoms with Gasteiger partial charge in [-0.3, -0.25) is 0 Å². The summed E-state index contributed by atoms with van der Waals surface area (Å²) >= 11 is 0. The van der Waals surface area contributed by atoms with E-state index >= 15 is 0 Å². The van der Waals surface area contributed by atoms with Crippen LogP contribution >= 0.6 is 0 Å². The number of rotatable bonds is 0. The third kappa shape index (κ3) is 6.68. The van der Waals surface area contributed by atoms with Crippen LogP contribution in [0.3, 0.4) is 0 Å². The topological polar surface area (TPSA) is 66.4 Å². The fourth-order valence-corrected chi connectivity index (χ4v) is 0.323. The van der Waals surface area contributed by atoms with Gasteiger partial charge in [0.15, 0.2) is 0 Å². The molecule has 0 bridgehead atoms. The number of hydrogen-bond donors (Lipinski definition) is 0. The molecule has 0 atom stereocenters. The van der Waals surface area contributed by atoms with Crippen molar-refractivity contribution in [3.05, 3.63) is 12.2 Å². The van der Waals surface area contributed by atoms with Crippen LogP contribution < -0.4 is 5.11 Å². The molecular weight excluding hydrogens is 136 g/mol. The van der Waals surface area contributed by atoms with E-state index in [1.165, 1.54) is 6.08 Å². The summed E-state index contributed by atoms with van der Waals surface area (Å²) < 4.78 is 4.40. The van der Waals surface area contributed by atoms with Gasteiger partial charge in [-0.25, -0.2) is 4.79 Å². The van der Waals surface area contributed by atoms with Crippen molar-refractivity contribution in [2.45, 2.75) is 6.92 Å². The molecule has 4 heteroatoms. The minimum atomic E-state index is -1.08. The Morgan fingerprint density at radius 1 is 1.80 bits per heavy atom. The van der Waals surface area contributed by atoms with Crippen molar-refractivity contribution < 1.29 is 19.4 Å². The van der Waals surface area contributed by atoms with Crippen LogP contribution in [0.1, 0.15) is 6.92 Å². The summed E-state index contributed by atoms with van der Waals surface area (Å²) in [6, 6.07) is 0. The van der Waals surface area contributed by atoms with Crippen LogP contribution in [0.4, 0.5) is 0 Å². The van der Waals surface area contributed by atoms with E-state index < -0.39 is 5.97 Å². The largest absolute Gasteiger partial charge is 0.550 e. The van der Waals surface area contributed by atoms with Crippen LogP contribution in [-0.2, 0) is 14.3 Å². The normalized spacial score (nSPS) is 13.5. The van der Waals surface area contributed by atoms with Crippen molar-refractivity contribution >= 4 is 11.9 Å². The summed E-state index contributed by atoms with van der Waals surface area (Å²) in [6.07, 6.45) is 3.10. The average Bonchev–Trinajstić information content (AvgIpc) is 2.15. The van der Waals surface area contributed by atoms with Crippen LogP contribution in [0, 0.1) is 0 Å². The summed E-state index contributed by atoms with van der Waals surface area (Å²) in [6.45, 7) is 1.43. The van der Waals surface area contributed by atoms with E-state index in [0.29, 0.717) is 6.61 Å². The highest BCUT2D eigenvalue weighted by Gasteiger charge is 1.98. The number of aliphatic carboxylic acids is 1. The monoisotopic (exact) mass is 143 g/mol. The maximum absolute atomic E-state index is 9.93. The molecule has 0 spiro atoms. The number of carboxylic acid groups (broad SMARTS) is 1. The molecule has 0 unspecified atom stereocenters. The highest BCUT2D eigenvalue weighted by Crippen LogP contribution is 1.89. The van der Waals surface area contributed by atoms with Gasteiger partial charge in [-0.1, -0.05) is 0 Å². The van der Waals surface area contributed by atoms with Crippen molar-refractivity contribution in [3.63, 3.8) is 0 Å². The first kappa shape index (κ1) is 8.68. The van der Waals surface area contributed by atoms with E-state index in [4.69, 9.17) is 9.90 Å². The van der Waals surface area contributed by atoms with Crippen LogP contribution in [0.2, 0.25) is 0 Å². The van der Waals surface area contributed by atoms with Gasteiger partial charge < -0.3 is 14.6 Å². The minimum absolute atomic E-state index is 0.227. The lowest BCUT2D eigenvalue weighted by atomic mass is 10.6. The second-order valence-corrected chi connectivity index (χ2v) is 1.52. The van der Waals surface area contributed by atoms with Gasteiger partial charge in [-0.15, -0.1) is 0 Å². The van der Waals surface area contributed by atoms with E-state index in [0.717, 1.165) is 6.92 Å². The second kappa shape index (κ2) is 4.55. The second-order valence-electron chi connectivity index (χ2n) is 1.52. The number of ether oxygens (including phenoxy) is 1. The SMILES string of the molecule is CC(=O)[O-].O=C1C=CCO1. The summed E-state index contributed by atoms with van der Waals surface area (Å²) in [5.41, 5.74) is 0. The fraction of sp³-hybridized carbons (Fsp3) is 0.333. The van der Waals surface area contributed by atoms with E-state index in [-0.39, 0.29) is 5.97 Å². The van der Waals surface area contributed by atoms with Crippen molar-refractivity contribution in [3.8, 4) is 0 Å². The molecule has 0 saturated carbocycles. The number of cyclic esters (lactones) is 1. The maximum Gasteiger partial charge on any atom is 0.330 e. The molecule has 0 N–H and O–H groups in total. The molecule has 1 rings (SSSR count). The number of esters is 1. The molecule has 0 aromatic rings. The van der Waals surface area contributed by atoms with Gasteiger partial charge in [0.2, 0.25) is 0 Å². The van der Waals surface area contributed by atoms with Crippen LogP contribution in [0.25, 0.3) is 0 Å². The fourth-order valence-electron chi connectivity index (χ4n) is 0.323. The number of carboxylic acids is 1. The van der Waals surface area contributed by atoms with Crippen LogP contribution in [0.15, 0.2) is 12.2 Å². The van der Waals surface area contributed by atoms with Gasteiger partial charge in [0.1, 0.15) is 6.61 Å². The summed E-state index contributed by atoms with van der Waals surface area (Å²) in [7, 11) is 0. The molecule has 4 nitrogen and oxygen atoms in total. The van der Waals surface area contributed by atoms with Crippen LogP contribution in [-0.4, -0.2) is 18.5 Å². The lowest BCUT2D eigenvalue weighted by Crippen LogP contribution is -2.16. The van der Waals surface area contributed by atoms with Gasteiger partial charge in [0, 0.05) is 12.0 Å². The number of carbonyl (C=O) groups excluding carboxylic acids is 2. The molecule has 56 valence electrons. The van der Waals surface area contributed by atoms with Crippen molar-refractivity contribution in [2.24, 2.45) is 0 Å². The van der Waals surface area contributed by atoms with Crippen LogP contribution in [0.5, 0.6) is 0 Å². The Morgan fingerprint density at radius 3 is 2.40 bits per heavy atom. The first-order valence-electron chi connectivity index (χ1n) is 2.64. The van der Waals surface area contributed by atoms with E-state index in [2.05, 4.69) is 4.74 Å². The molecular formula is C6H7O4-. The average molecular weight is 143 g/mol. The number of carbonyl (C=O) groups is 2. The van der Waals surface area contributed by atoms with E-state index in [9.17, 15) is 4.79 Å². The Morgan fingerprint density at radius 2 is 2.30 bits per heavy atom. The lowest BCUT2D eigenvalue weighted by molar-refractivity contribution is -0.302. The maximum atomic E-state index is 9.93. The zero-order valence-electron chi connectivity index (χ0n) is 5.49. The Labute approximate surface area is 58.1 Å². The smallest absolute Gasteiger partial charge is 0.330 e. The van der Waals surface area contributed by atoms with Crippen molar-refractivity contribution in [2.75, 3.05) is 6.61 Å². The molecule has 10 heavy (non-hydrogen) atoms. The first-order chi connectivity index (χ1) is 4.63. The zero-order chi connectivity index (χ0) is 7.98. The summed E-state index contributed by atoms with van der Waals surface area (Å²) in [4.78, 5) is 18.8. The van der Waals surface area contributed by atoms with Gasteiger partial charge in [0.05, 0.1) is 0 Å². The lowest BCUT2D eigenvalue weighted by Gasteiger charge is -1.81. The molecule has 0 saturated heterocycles. The standard InChI is InChI=1S/C4H4O2.C2H4O2/c5-4-2-1-3-6-4;1-2(3)4/h1-2H,3H2;1H3,(H,3,4)/p-1. The molecule has 0 aliphatic carbocycles. The summed E-state index contributed by atoms with van der Waals surface area (Å²) in [5.74, 6) is -1.31. The molecule has 1 aliphatic rings. The van der Waals surface area contributed by atoms with Crippen molar-refractivity contribution in [1.82, 2.24) is 0 Å². The Balaban J connectivity index is 0.000000180. The first-order valence-corrected chi connectivity index (χ1v) is 2.64. The predicted molar refractivity (Wildman–Crippen MR) is 30.8 cm³/mol. The molecule has 0 radical (unpaired) electrons. The molecule has 1 heterocycles. The van der Waals surface area contributed by atoms with E-state index in [1.54, 1.807) is 6.08 Å². The Kier molecular flexibility index (Phi) is 3.95. The van der Waals surface area contributed by atoms with Crippen molar-refractivity contribution in [1.29, 1.82) is 0 Å². The van der Waals surface area contributed by atoms with Gasteiger partial charge >= 0.3 is 5.97 Å². The predicted octanol–water partition coefficient (Wildman–Crippen LogP) is -1.14. The third-order valence-corrected chi connectivity index (χ3v) is 0.576. The molecule has 0 amide bonds. The number of hydrogen-bond acceptors (Lipinski definition) is 4. The van der Waals surface area contributed by atoms with Gasteiger partial charge in [-0.05, 0) is 13.0 Å². The minimum Gasteiger partial charge on any atom is -0.550 e. The summed E-state index contributed by atoms with van der Waals surface area (Å²) in [5, 5.41) is 8.89. The Hall–Kier alpha value is -1.32. The van der Waals surface area contributed by atoms with E-state index in [1.807, 2.05) is 0 Å².